The largest absolute Gasteiger partial charge is 0.143 e. The molecule has 4 rings (SSSR count). The van der Waals surface area contributed by atoms with Gasteiger partial charge in [0.1, 0.15) is 0 Å². The molecule has 0 fully saturated rings. The maximum absolute atomic E-state index is 4.35. The van der Waals surface area contributed by atoms with Gasteiger partial charge in [-0.3, -0.25) is 0 Å². The number of rotatable bonds is 2. The molecule has 0 aliphatic rings. The van der Waals surface area contributed by atoms with Crippen LogP contribution >= 0.6 is 25.3 Å². The second-order valence-corrected chi connectivity index (χ2v) is 6.90. The van der Waals surface area contributed by atoms with Crippen LogP contribution in [0.1, 0.15) is 0 Å². The molecule has 4 aromatic carbocycles. The first-order valence-corrected chi connectivity index (χ1v) is 8.71. The average molecular weight is 345 g/mol. The van der Waals surface area contributed by atoms with Gasteiger partial charge in [-0.2, -0.15) is 0 Å². The third kappa shape index (κ3) is 3.08. The van der Waals surface area contributed by atoms with Crippen molar-refractivity contribution in [1.82, 2.24) is 0 Å². The molecule has 0 aromatic heterocycles. The molecule has 2 heteroatoms. The summed E-state index contributed by atoms with van der Waals surface area (Å²) >= 11 is 8.70. The highest BCUT2D eigenvalue weighted by Crippen LogP contribution is 2.29. The van der Waals surface area contributed by atoms with Crippen molar-refractivity contribution in [3.05, 3.63) is 84.9 Å². The summed E-state index contributed by atoms with van der Waals surface area (Å²) in [6, 6.07) is 29.7. The normalized spacial score (nSPS) is 10.9. The first kappa shape index (κ1) is 15.4. The van der Waals surface area contributed by atoms with E-state index in [1.807, 2.05) is 24.3 Å². The number of hydrogen-bond donors (Lipinski definition) is 2. The molecule has 0 N–H and O–H groups in total. The summed E-state index contributed by atoms with van der Waals surface area (Å²) in [5, 5.41) is 2.49. The van der Waals surface area contributed by atoms with Crippen molar-refractivity contribution in [2.75, 3.05) is 0 Å². The molecule has 0 saturated carbocycles. The van der Waals surface area contributed by atoms with Gasteiger partial charge in [-0.1, -0.05) is 48.5 Å². The molecule has 0 bridgehead atoms. The zero-order valence-electron chi connectivity index (χ0n) is 13.0. The molecule has 0 heterocycles. The third-order valence-corrected chi connectivity index (χ3v) is 4.84. The highest BCUT2D eigenvalue weighted by molar-refractivity contribution is 7.80. The smallest absolute Gasteiger partial charge is 0.00404 e. The van der Waals surface area contributed by atoms with E-state index < -0.39 is 0 Å². The minimum absolute atomic E-state index is 0.983. The monoisotopic (exact) mass is 344 g/mol. The van der Waals surface area contributed by atoms with E-state index in [1.165, 1.54) is 33.0 Å². The van der Waals surface area contributed by atoms with Crippen LogP contribution in [0, 0.1) is 0 Å². The van der Waals surface area contributed by atoms with Crippen LogP contribution in [0.25, 0.3) is 33.0 Å². The van der Waals surface area contributed by atoms with Crippen LogP contribution in [-0.2, 0) is 0 Å². The van der Waals surface area contributed by atoms with E-state index in [2.05, 4.69) is 85.9 Å². The fourth-order valence-corrected chi connectivity index (χ4v) is 3.21. The fraction of sp³-hybridized carbons (Fsp3) is 0. The molecule has 0 aliphatic heterocycles. The highest BCUT2D eigenvalue weighted by Gasteiger charge is 2.03. The Morgan fingerprint density at radius 1 is 0.375 bits per heavy atom. The van der Waals surface area contributed by atoms with E-state index in [9.17, 15) is 0 Å². The van der Waals surface area contributed by atoms with Gasteiger partial charge in [0.25, 0.3) is 0 Å². The standard InChI is InChI=1S/C22H16S2/c23-21-9-5-15(6-10-21)17-1-3-19-14-18(2-4-20(19)13-17)16-7-11-22(24)12-8-16/h1-14,23-24H. The SMILES string of the molecule is Sc1ccc(-c2ccc3cc(-c4ccc(S)cc4)ccc3c2)cc1. The molecular weight excluding hydrogens is 328 g/mol. The van der Waals surface area contributed by atoms with Gasteiger partial charge in [-0.05, 0) is 69.4 Å². The summed E-state index contributed by atoms with van der Waals surface area (Å²) in [6.07, 6.45) is 0. The summed E-state index contributed by atoms with van der Waals surface area (Å²) in [4.78, 5) is 1.97. The van der Waals surface area contributed by atoms with Gasteiger partial charge in [0.15, 0.2) is 0 Å². The van der Waals surface area contributed by atoms with Crippen LogP contribution in [-0.4, -0.2) is 0 Å². The van der Waals surface area contributed by atoms with Crippen LogP contribution < -0.4 is 0 Å². The first-order chi connectivity index (χ1) is 11.7. The number of thiol groups is 2. The maximum atomic E-state index is 4.35. The number of hydrogen-bond acceptors (Lipinski definition) is 2. The molecule has 0 saturated heterocycles. The van der Waals surface area contributed by atoms with Crippen molar-refractivity contribution in [2.45, 2.75) is 9.79 Å². The second-order valence-electron chi connectivity index (χ2n) is 5.87. The Balaban J connectivity index is 1.75. The molecule has 0 amide bonds. The van der Waals surface area contributed by atoms with Crippen molar-refractivity contribution < 1.29 is 0 Å². The summed E-state index contributed by atoms with van der Waals surface area (Å²) in [7, 11) is 0. The summed E-state index contributed by atoms with van der Waals surface area (Å²) in [5.41, 5.74) is 4.87. The van der Waals surface area contributed by atoms with Crippen molar-refractivity contribution in [3.8, 4) is 22.3 Å². The van der Waals surface area contributed by atoms with Gasteiger partial charge in [0.05, 0.1) is 0 Å². The van der Waals surface area contributed by atoms with Crippen LogP contribution in [0.3, 0.4) is 0 Å². The molecule has 0 radical (unpaired) electrons. The molecule has 0 spiro atoms. The summed E-state index contributed by atoms with van der Waals surface area (Å²) < 4.78 is 0. The minimum Gasteiger partial charge on any atom is -0.143 e. The van der Waals surface area contributed by atoms with Crippen LogP contribution in [0.5, 0.6) is 0 Å². The Labute approximate surface area is 153 Å². The Hall–Kier alpha value is -2.16. The number of benzene rings is 4. The van der Waals surface area contributed by atoms with Gasteiger partial charge >= 0.3 is 0 Å². The van der Waals surface area contributed by atoms with Crippen LogP contribution in [0.4, 0.5) is 0 Å². The molecule has 4 aromatic rings. The van der Waals surface area contributed by atoms with E-state index in [4.69, 9.17) is 0 Å². The lowest BCUT2D eigenvalue weighted by atomic mass is 9.98. The van der Waals surface area contributed by atoms with Crippen LogP contribution in [0.15, 0.2) is 94.7 Å². The van der Waals surface area contributed by atoms with Gasteiger partial charge in [0.2, 0.25) is 0 Å². The van der Waals surface area contributed by atoms with E-state index in [0.29, 0.717) is 0 Å². The van der Waals surface area contributed by atoms with Gasteiger partial charge < -0.3 is 0 Å². The molecule has 24 heavy (non-hydrogen) atoms. The fourth-order valence-electron chi connectivity index (χ4n) is 2.91. The second kappa shape index (κ2) is 6.39. The van der Waals surface area contributed by atoms with E-state index in [1.54, 1.807) is 0 Å². The zero-order valence-corrected chi connectivity index (χ0v) is 14.8. The molecule has 116 valence electrons. The molecule has 0 unspecified atom stereocenters. The average Bonchev–Trinajstić information content (AvgIpc) is 2.62. The zero-order chi connectivity index (χ0) is 16.5. The lowest BCUT2D eigenvalue weighted by molar-refractivity contribution is 1.47. The van der Waals surface area contributed by atoms with Crippen molar-refractivity contribution in [3.63, 3.8) is 0 Å². The molecule has 0 aliphatic carbocycles. The van der Waals surface area contributed by atoms with E-state index in [0.717, 1.165) is 9.79 Å². The quantitative estimate of drug-likeness (QED) is 0.369. The maximum Gasteiger partial charge on any atom is 0.00404 e. The van der Waals surface area contributed by atoms with Crippen molar-refractivity contribution in [2.24, 2.45) is 0 Å². The predicted molar refractivity (Wildman–Crippen MR) is 109 cm³/mol. The summed E-state index contributed by atoms with van der Waals surface area (Å²) in [6.45, 7) is 0. The summed E-state index contributed by atoms with van der Waals surface area (Å²) in [5.74, 6) is 0. The Morgan fingerprint density at radius 2 is 0.708 bits per heavy atom. The van der Waals surface area contributed by atoms with Crippen LogP contribution in [0.2, 0.25) is 0 Å². The Bertz CT molecular complexity index is 915. The predicted octanol–water partition coefficient (Wildman–Crippen LogP) is 6.75. The lowest BCUT2D eigenvalue weighted by Crippen LogP contribution is -1.82. The molecule has 0 atom stereocenters. The Morgan fingerprint density at radius 3 is 1.08 bits per heavy atom. The van der Waals surface area contributed by atoms with E-state index in [-0.39, 0.29) is 0 Å². The topological polar surface area (TPSA) is 0 Å². The first-order valence-electron chi connectivity index (χ1n) is 7.82. The molecule has 0 nitrogen and oxygen atoms in total. The van der Waals surface area contributed by atoms with Gasteiger partial charge in [-0.25, -0.2) is 0 Å². The van der Waals surface area contributed by atoms with Crippen molar-refractivity contribution >= 4 is 36.0 Å². The Kier molecular flexibility index (Phi) is 4.09. The minimum atomic E-state index is 0.983. The highest BCUT2D eigenvalue weighted by atomic mass is 32.1. The van der Waals surface area contributed by atoms with Gasteiger partial charge in [-0.15, -0.1) is 25.3 Å². The lowest BCUT2D eigenvalue weighted by Gasteiger charge is -2.07. The van der Waals surface area contributed by atoms with Crippen molar-refractivity contribution in [1.29, 1.82) is 0 Å². The van der Waals surface area contributed by atoms with E-state index >= 15 is 0 Å². The van der Waals surface area contributed by atoms with Gasteiger partial charge in [0, 0.05) is 9.79 Å². The number of fused-ring (bicyclic) bond motifs is 1. The molecular formula is C22H16S2. The third-order valence-electron chi connectivity index (χ3n) is 4.24.